The number of benzene rings is 1. The molecule has 1 aliphatic heterocycles. The van der Waals surface area contributed by atoms with Crippen molar-refractivity contribution in [1.29, 1.82) is 0 Å². The van der Waals surface area contributed by atoms with Gasteiger partial charge < -0.3 is 15.0 Å². The molecule has 0 saturated carbocycles. The van der Waals surface area contributed by atoms with E-state index < -0.39 is 5.97 Å². The van der Waals surface area contributed by atoms with Crippen LogP contribution in [0.25, 0.3) is 11.6 Å². The van der Waals surface area contributed by atoms with Crippen LogP contribution in [0.2, 0.25) is 0 Å². The summed E-state index contributed by atoms with van der Waals surface area (Å²) in [6, 6.07) is 5.11. The lowest BCUT2D eigenvalue weighted by atomic mass is 9.93. The van der Waals surface area contributed by atoms with E-state index in [0.29, 0.717) is 11.1 Å². The van der Waals surface area contributed by atoms with Gasteiger partial charge in [0.2, 0.25) is 0 Å². The molecule has 5 nitrogen and oxygen atoms in total. The predicted octanol–water partition coefficient (Wildman–Crippen LogP) is 3.17. The number of aromatic amines is 1. The average molecular weight is 322 g/mol. The van der Waals surface area contributed by atoms with Crippen molar-refractivity contribution >= 4 is 29.2 Å². The molecule has 2 aliphatic rings. The van der Waals surface area contributed by atoms with Gasteiger partial charge in [0.05, 0.1) is 12.7 Å². The lowest BCUT2D eigenvalue weighted by Gasteiger charge is -2.11. The van der Waals surface area contributed by atoms with Crippen LogP contribution in [0.1, 0.15) is 45.6 Å². The van der Waals surface area contributed by atoms with E-state index in [9.17, 15) is 9.59 Å². The number of carbonyl (C=O) groups is 2. The van der Waals surface area contributed by atoms with E-state index in [-0.39, 0.29) is 5.91 Å². The Labute approximate surface area is 139 Å². The lowest BCUT2D eigenvalue weighted by molar-refractivity contribution is -0.110. The molecule has 0 saturated heterocycles. The molecular formula is C19H18N2O3. The largest absolute Gasteiger partial charge is 0.465 e. The molecule has 2 N–H and O–H groups in total. The molecule has 0 unspecified atom stereocenters. The maximum atomic E-state index is 12.4. The van der Waals surface area contributed by atoms with Gasteiger partial charge >= 0.3 is 5.97 Å². The maximum Gasteiger partial charge on any atom is 0.337 e. The number of rotatable bonds is 2. The highest BCUT2D eigenvalue weighted by molar-refractivity contribution is 6.35. The second-order valence-electron chi connectivity index (χ2n) is 6.17. The van der Waals surface area contributed by atoms with E-state index in [1.165, 1.54) is 31.2 Å². The van der Waals surface area contributed by atoms with Gasteiger partial charge in [0.15, 0.2) is 0 Å². The molecule has 2 aromatic rings. The van der Waals surface area contributed by atoms with Crippen LogP contribution in [0.4, 0.5) is 5.69 Å². The number of esters is 1. The summed E-state index contributed by atoms with van der Waals surface area (Å²) in [6.07, 6.45) is 8.37. The highest BCUT2D eigenvalue weighted by Gasteiger charge is 2.26. The first-order valence-corrected chi connectivity index (χ1v) is 8.12. The molecule has 24 heavy (non-hydrogen) atoms. The zero-order chi connectivity index (χ0) is 16.7. The summed E-state index contributed by atoms with van der Waals surface area (Å²) in [4.78, 5) is 27.5. The van der Waals surface area contributed by atoms with Crippen molar-refractivity contribution in [2.45, 2.75) is 25.7 Å². The fourth-order valence-corrected chi connectivity index (χ4v) is 3.50. The Morgan fingerprint density at radius 3 is 2.92 bits per heavy atom. The molecule has 0 spiro atoms. The van der Waals surface area contributed by atoms with E-state index in [1.54, 1.807) is 18.2 Å². The monoisotopic (exact) mass is 322 g/mol. The van der Waals surface area contributed by atoms with Crippen molar-refractivity contribution in [3.05, 3.63) is 52.3 Å². The molecule has 122 valence electrons. The minimum Gasteiger partial charge on any atom is -0.465 e. The normalized spacial score (nSPS) is 17.4. The zero-order valence-corrected chi connectivity index (χ0v) is 13.4. The van der Waals surface area contributed by atoms with E-state index in [0.717, 1.165) is 29.7 Å². The first kappa shape index (κ1) is 14.8. The molecule has 4 rings (SSSR count). The van der Waals surface area contributed by atoms with E-state index in [4.69, 9.17) is 4.74 Å². The second kappa shape index (κ2) is 5.67. The molecule has 0 radical (unpaired) electrons. The van der Waals surface area contributed by atoms with Gasteiger partial charge in [-0.3, -0.25) is 4.79 Å². The molecule has 0 fully saturated rings. The van der Waals surface area contributed by atoms with E-state index in [2.05, 4.69) is 10.3 Å². The second-order valence-corrected chi connectivity index (χ2v) is 6.17. The minimum absolute atomic E-state index is 0.141. The molecule has 1 aliphatic carbocycles. The fraction of sp³-hybridized carbons (Fsp3) is 0.263. The average Bonchev–Trinajstić information content (AvgIpc) is 3.16. The number of nitrogens with one attached hydrogen (secondary N) is 2. The number of aryl methyl sites for hydroxylation is 1. The van der Waals surface area contributed by atoms with Crippen LogP contribution in [-0.4, -0.2) is 24.0 Å². The SMILES string of the molecule is COC(=O)c1ccc2c(c1)C(=Cc1c[nH]c3c1CCCC3)C(=O)N2. The number of amides is 1. The van der Waals surface area contributed by atoms with Gasteiger partial charge in [-0.1, -0.05) is 0 Å². The summed E-state index contributed by atoms with van der Waals surface area (Å²) in [5.41, 5.74) is 6.13. The van der Waals surface area contributed by atoms with E-state index >= 15 is 0 Å². The molecule has 1 aromatic carbocycles. The number of aromatic nitrogens is 1. The van der Waals surface area contributed by atoms with Gasteiger partial charge in [0.1, 0.15) is 0 Å². The third-order valence-electron chi connectivity index (χ3n) is 4.74. The van der Waals surface area contributed by atoms with Gasteiger partial charge in [-0.25, -0.2) is 4.79 Å². The van der Waals surface area contributed by atoms with Gasteiger partial charge in [-0.2, -0.15) is 0 Å². The van der Waals surface area contributed by atoms with Crippen molar-refractivity contribution in [3.63, 3.8) is 0 Å². The Morgan fingerprint density at radius 2 is 2.08 bits per heavy atom. The van der Waals surface area contributed by atoms with Crippen LogP contribution in [0.15, 0.2) is 24.4 Å². The van der Waals surface area contributed by atoms with E-state index in [1.807, 2.05) is 12.3 Å². The van der Waals surface area contributed by atoms with Crippen molar-refractivity contribution in [1.82, 2.24) is 4.98 Å². The van der Waals surface area contributed by atoms with Crippen LogP contribution in [0.5, 0.6) is 0 Å². The zero-order valence-electron chi connectivity index (χ0n) is 13.4. The Hall–Kier alpha value is -2.82. The Morgan fingerprint density at radius 1 is 1.25 bits per heavy atom. The lowest BCUT2D eigenvalue weighted by Crippen LogP contribution is -2.04. The summed E-state index contributed by atoms with van der Waals surface area (Å²) in [5, 5.41) is 2.85. The summed E-state index contributed by atoms with van der Waals surface area (Å²) in [5.74, 6) is -0.548. The van der Waals surface area contributed by atoms with Crippen molar-refractivity contribution in [2.75, 3.05) is 12.4 Å². The number of hydrogen-bond acceptors (Lipinski definition) is 3. The Balaban J connectivity index is 1.78. The quantitative estimate of drug-likeness (QED) is 0.659. The highest BCUT2D eigenvalue weighted by atomic mass is 16.5. The highest BCUT2D eigenvalue weighted by Crippen LogP contribution is 2.35. The van der Waals surface area contributed by atoms with Crippen LogP contribution in [0, 0.1) is 0 Å². The van der Waals surface area contributed by atoms with Crippen molar-refractivity contribution in [2.24, 2.45) is 0 Å². The number of fused-ring (bicyclic) bond motifs is 2. The van der Waals surface area contributed by atoms with Crippen LogP contribution >= 0.6 is 0 Å². The summed E-state index contributed by atoms with van der Waals surface area (Å²) in [7, 11) is 1.35. The number of H-pyrrole nitrogens is 1. The summed E-state index contributed by atoms with van der Waals surface area (Å²) in [6.45, 7) is 0. The fourth-order valence-electron chi connectivity index (χ4n) is 3.50. The third kappa shape index (κ3) is 2.33. The standard InChI is InChI=1S/C19H18N2O3/c1-24-19(23)11-6-7-17-14(8-11)15(18(22)21-17)9-12-10-20-16-5-3-2-4-13(12)16/h6-10,20H,2-5H2,1H3,(H,21,22). The molecule has 1 amide bonds. The number of ether oxygens (including phenoxy) is 1. The number of anilines is 1. The molecule has 0 atom stereocenters. The predicted molar refractivity (Wildman–Crippen MR) is 91.7 cm³/mol. The van der Waals surface area contributed by atoms with Crippen molar-refractivity contribution in [3.8, 4) is 0 Å². The molecule has 1 aromatic heterocycles. The number of hydrogen-bond donors (Lipinski definition) is 2. The van der Waals surface area contributed by atoms with Gasteiger partial charge in [-0.15, -0.1) is 0 Å². The smallest absolute Gasteiger partial charge is 0.337 e. The van der Waals surface area contributed by atoms with Gasteiger partial charge in [0, 0.05) is 28.7 Å². The number of methoxy groups -OCH3 is 1. The van der Waals surface area contributed by atoms with Crippen molar-refractivity contribution < 1.29 is 14.3 Å². The maximum absolute atomic E-state index is 12.4. The molecular weight excluding hydrogens is 304 g/mol. The van der Waals surface area contributed by atoms with Gasteiger partial charge in [0.25, 0.3) is 5.91 Å². The third-order valence-corrected chi connectivity index (χ3v) is 4.74. The summed E-state index contributed by atoms with van der Waals surface area (Å²) < 4.78 is 4.77. The molecule has 2 heterocycles. The Kier molecular flexibility index (Phi) is 3.49. The summed E-state index contributed by atoms with van der Waals surface area (Å²) >= 11 is 0. The molecule has 5 heteroatoms. The molecule has 0 bridgehead atoms. The Bertz CT molecular complexity index is 877. The first-order valence-electron chi connectivity index (χ1n) is 8.12. The number of carbonyl (C=O) groups excluding carboxylic acids is 2. The first-order chi connectivity index (χ1) is 11.7. The van der Waals surface area contributed by atoms with Crippen LogP contribution in [0.3, 0.4) is 0 Å². The van der Waals surface area contributed by atoms with Gasteiger partial charge in [-0.05, 0) is 61.1 Å². The van der Waals surface area contributed by atoms with Crippen LogP contribution < -0.4 is 5.32 Å². The van der Waals surface area contributed by atoms with Crippen LogP contribution in [-0.2, 0) is 22.4 Å². The minimum atomic E-state index is -0.407. The topological polar surface area (TPSA) is 71.2 Å².